The van der Waals surface area contributed by atoms with Crippen molar-refractivity contribution in [2.75, 3.05) is 5.32 Å². The molecular formula is C14H13F2N3S. The molecule has 1 aromatic carbocycles. The number of hydrogen-bond acceptors (Lipinski definition) is 4. The van der Waals surface area contributed by atoms with Crippen molar-refractivity contribution in [3.05, 3.63) is 40.4 Å². The van der Waals surface area contributed by atoms with Gasteiger partial charge in [0.15, 0.2) is 16.8 Å². The number of nitrogens with one attached hydrogen (secondary N) is 1. The highest BCUT2D eigenvalue weighted by atomic mass is 32.1. The molecule has 2 aromatic rings. The predicted molar refractivity (Wildman–Crippen MR) is 75.2 cm³/mol. The van der Waals surface area contributed by atoms with Crippen molar-refractivity contribution in [2.45, 2.75) is 26.2 Å². The van der Waals surface area contributed by atoms with Crippen LogP contribution in [0.1, 0.15) is 32.0 Å². The van der Waals surface area contributed by atoms with Crippen LogP contribution in [0.25, 0.3) is 0 Å². The molecule has 1 aromatic heterocycles. The van der Waals surface area contributed by atoms with Gasteiger partial charge in [0, 0.05) is 10.8 Å². The second-order valence-corrected chi connectivity index (χ2v) is 6.17. The van der Waals surface area contributed by atoms with Crippen molar-refractivity contribution >= 4 is 22.2 Å². The first-order chi connectivity index (χ1) is 9.32. The average molecular weight is 293 g/mol. The molecule has 1 heterocycles. The van der Waals surface area contributed by atoms with E-state index in [-0.39, 0.29) is 16.7 Å². The van der Waals surface area contributed by atoms with Crippen molar-refractivity contribution in [3.63, 3.8) is 0 Å². The number of rotatable bonds is 2. The Bertz CT molecular complexity index is 681. The quantitative estimate of drug-likeness (QED) is 0.896. The summed E-state index contributed by atoms with van der Waals surface area (Å²) in [5.74, 6) is -2.22. The van der Waals surface area contributed by atoms with E-state index >= 15 is 0 Å². The Hall–Kier alpha value is -2.00. The van der Waals surface area contributed by atoms with E-state index in [4.69, 9.17) is 5.26 Å². The van der Waals surface area contributed by atoms with E-state index in [1.54, 1.807) is 6.07 Å². The van der Waals surface area contributed by atoms with Crippen LogP contribution in [-0.4, -0.2) is 4.98 Å². The van der Waals surface area contributed by atoms with E-state index in [9.17, 15) is 8.78 Å². The van der Waals surface area contributed by atoms with Crippen LogP contribution >= 0.6 is 11.3 Å². The number of nitrogens with zero attached hydrogens (tertiary/aromatic N) is 2. The summed E-state index contributed by atoms with van der Waals surface area (Å²) < 4.78 is 27.3. The lowest BCUT2D eigenvalue weighted by Crippen LogP contribution is -2.11. The molecule has 3 nitrogen and oxygen atoms in total. The fourth-order valence-corrected chi connectivity index (χ4v) is 2.47. The number of aromatic nitrogens is 1. The van der Waals surface area contributed by atoms with Gasteiger partial charge < -0.3 is 5.32 Å². The topological polar surface area (TPSA) is 48.7 Å². The Balaban J connectivity index is 2.30. The smallest absolute Gasteiger partial charge is 0.187 e. The molecule has 0 saturated heterocycles. The van der Waals surface area contributed by atoms with Gasteiger partial charge in [-0.3, -0.25) is 0 Å². The van der Waals surface area contributed by atoms with Crippen LogP contribution in [0, 0.1) is 23.0 Å². The van der Waals surface area contributed by atoms with Gasteiger partial charge in [-0.25, -0.2) is 13.8 Å². The predicted octanol–water partition coefficient (Wildman–Crippen LogP) is 4.33. The van der Waals surface area contributed by atoms with Gasteiger partial charge in [0.1, 0.15) is 6.07 Å². The fourth-order valence-electron chi connectivity index (χ4n) is 1.52. The highest BCUT2D eigenvalue weighted by Gasteiger charge is 2.19. The zero-order valence-electron chi connectivity index (χ0n) is 11.3. The maximum atomic E-state index is 13.8. The van der Waals surface area contributed by atoms with E-state index in [0.29, 0.717) is 5.13 Å². The van der Waals surface area contributed by atoms with E-state index in [1.165, 1.54) is 23.5 Å². The Kier molecular flexibility index (Phi) is 3.73. The number of hydrogen-bond donors (Lipinski definition) is 1. The molecular weight excluding hydrogens is 280 g/mol. The molecule has 0 aliphatic rings. The first kappa shape index (κ1) is 14.4. The minimum absolute atomic E-state index is 0.0312. The van der Waals surface area contributed by atoms with Crippen LogP contribution in [0.2, 0.25) is 0 Å². The van der Waals surface area contributed by atoms with Crippen LogP contribution < -0.4 is 5.32 Å². The molecule has 0 amide bonds. The van der Waals surface area contributed by atoms with Crippen LogP contribution in [0.5, 0.6) is 0 Å². The van der Waals surface area contributed by atoms with Crippen molar-refractivity contribution < 1.29 is 8.78 Å². The molecule has 0 bridgehead atoms. The summed E-state index contributed by atoms with van der Waals surface area (Å²) in [7, 11) is 0. The molecule has 1 N–H and O–H groups in total. The molecule has 20 heavy (non-hydrogen) atoms. The molecule has 0 radical (unpaired) electrons. The molecule has 0 unspecified atom stereocenters. The summed E-state index contributed by atoms with van der Waals surface area (Å²) in [6.45, 7) is 6.06. The van der Waals surface area contributed by atoms with Gasteiger partial charge in [-0.1, -0.05) is 20.8 Å². The second-order valence-electron chi connectivity index (χ2n) is 5.31. The second kappa shape index (κ2) is 5.17. The van der Waals surface area contributed by atoms with Crippen molar-refractivity contribution in [2.24, 2.45) is 0 Å². The minimum atomic E-state index is -1.15. The molecule has 0 aliphatic heterocycles. The molecule has 0 atom stereocenters. The zero-order chi connectivity index (χ0) is 14.9. The Morgan fingerprint density at radius 2 is 1.95 bits per heavy atom. The van der Waals surface area contributed by atoms with Crippen molar-refractivity contribution in [3.8, 4) is 6.07 Å². The van der Waals surface area contributed by atoms with Crippen LogP contribution in [-0.2, 0) is 5.41 Å². The molecule has 2 rings (SSSR count). The average Bonchev–Trinajstić information content (AvgIpc) is 2.84. The lowest BCUT2D eigenvalue weighted by molar-refractivity contribution is 0.509. The third kappa shape index (κ3) is 2.78. The monoisotopic (exact) mass is 293 g/mol. The third-order valence-corrected chi connectivity index (χ3v) is 3.47. The lowest BCUT2D eigenvalue weighted by Gasteiger charge is -2.14. The highest BCUT2D eigenvalue weighted by molar-refractivity contribution is 7.13. The fraction of sp³-hybridized carbons (Fsp3) is 0.286. The standard InChI is InChI=1S/C14H13F2N3S/c1-14(2,3)10-7-20-13(19-10)18-9-5-4-8(6-17)11(15)12(9)16/h4-5,7H,1-3H3,(H,18,19). The van der Waals surface area contributed by atoms with Gasteiger partial charge in [-0.15, -0.1) is 11.3 Å². The largest absolute Gasteiger partial charge is 0.329 e. The van der Waals surface area contributed by atoms with Crippen LogP contribution in [0.4, 0.5) is 19.6 Å². The van der Waals surface area contributed by atoms with Gasteiger partial charge in [0.25, 0.3) is 0 Å². The van der Waals surface area contributed by atoms with Gasteiger partial charge >= 0.3 is 0 Å². The van der Waals surface area contributed by atoms with Gasteiger partial charge in [-0.05, 0) is 12.1 Å². The maximum Gasteiger partial charge on any atom is 0.187 e. The van der Waals surface area contributed by atoms with Crippen LogP contribution in [0.3, 0.4) is 0 Å². The van der Waals surface area contributed by atoms with Gasteiger partial charge in [0.2, 0.25) is 0 Å². The summed E-state index contributed by atoms with van der Waals surface area (Å²) in [5, 5.41) is 13.7. The first-order valence-corrected chi connectivity index (χ1v) is 6.82. The van der Waals surface area contributed by atoms with Crippen molar-refractivity contribution in [1.82, 2.24) is 4.98 Å². The lowest BCUT2D eigenvalue weighted by atomic mass is 9.93. The Morgan fingerprint density at radius 3 is 2.50 bits per heavy atom. The minimum Gasteiger partial charge on any atom is -0.329 e. The third-order valence-electron chi connectivity index (χ3n) is 2.72. The first-order valence-electron chi connectivity index (χ1n) is 5.94. The maximum absolute atomic E-state index is 13.8. The van der Waals surface area contributed by atoms with E-state index in [0.717, 1.165) is 5.69 Å². The normalized spacial score (nSPS) is 11.2. The molecule has 0 aliphatic carbocycles. The number of thiazole rings is 1. The molecule has 0 fully saturated rings. The summed E-state index contributed by atoms with van der Waals surface area (Å²) in [5.41, 5.74) is 0.420. The number of halogens is 2. The summed E-state index contributed by atoms with van der Waals surface area (Å²) in [4.78, 5) is 4.34. The van der Waals surface area contributed by atoms with Crippen LogP contribution in [0.15, 0.2) is 17.5 Å². The number of anilines is 2. The number of benzene rings is 1. The SMILES string of the molecule is CC(C)(C)c1csc(Nc2ccc(C#N)c(F)c2F)n1. The van der Waals surface area contributed by atoms with E-state index in [1.807, 2.05) is 26.2 Å². The molecule has 6 heteroatoms. The molecule has 104 valence electrons. The molecule has 0 spiro atoms. The summed E-state index contributed by atoms with van der Waals surface area (Å²) in [6, 6.07) is 4.16. The van der Waals surface area contributed by atoms with E-state index < -0.39 is 11.6 Å². The Morgan fingerprint density at radius 1 is 1.25 bits per heavy atom. The van der Waals surface area contributed by atoms with E-state index in [2.05, 4.69) is 10.3 Å². The summed E-state index contributed by atoms with van der Waals surface area (Å²) in [6.07, 6.45) is 0. The zero-order valence-corrected chi connectivity index (χ0v) is 12.1. The molecule has 0 saturated carbocycles. The summed E-state index contributed by atoms with van der Waals surface area (Å²) >= 11 is 1.32. The van der Waals surface area contributed by atoms with Crippen molar-refractivity contribution in [1.29, 1.82) is 5.26 Å². The highest BCUT2D eigenvalue weighted by Crippen LogP contribution is 2.29. The number of nitriles is 1. The Labute approximate surface area is 119 Å². The van der Waals surface area contributed by atoms with Gasteiger partial charge in [-0.2, -0.15) is 5.26 Å². The van der Waals surface area contributed by atoms with Gasteiger partial charge in [0.05, 0.1) is 16.9 Å².